The fraction of sp³-hybridized carbons (Fsp3) is 0.455. The van der Waals surface area contributed by atoms with Crippen LogP contribution >= 0.6 is 0 Å². The summed E-state index contributed by atoms with van der Waals surface area (Å²) < 4.78 is 0. The molecule has 1 heterocycles. The summed E-state index contributed by atoms with van der Waals surface area (Å²) in [5.41, 5.74) is 1.05. The van der Waals surface area contributed by atoms with Crippen LogP contribution in [0.25, 0.3) is 0 Å². The van der Waals surface area contributed by atoms with Gasteiger partial charge in [-0.3, -0.25) is 0 Å². The maximum atomic E-state index is 11.2. The molecule has 7 nitrogen and oxygen atoms in total. The monoisotopic (exact) mass is 248 g/mol. The zero-order valence-corrected chi connectivity index (χ0v) is 10.7. The third-order valence-electron chi connectivity index (χ3n) is 2.06. The molecule has 0 aromatic carbocycles. The number of urea groups is 1. The van der Waals surface area contributed by atoms with Crippen molar-refractivity contribution in [1.82, 2.24) is 20.2 Å². The standard InChI is InChI=1S/C11H16N6O/c1-8-6-9(7-12)16-10(15-8)13-4-5-14-11(18)17(2)3/h6H,4-5H2,1-3H3,(H,14,18)(H,13,15,16). The van der Waals surface area contributed by atoms with Crippen LogP contribution in [0.1, 0.15) is 11.4 Å². The Morgan fingerprint density at radius 3 is 2.78 bits per heavy atom. The van der Waals surface area contributed by atoms with Gasteiger partial charge >= 0.3 is 6.03 Å². The molecule has 1 aromatic rings. The Balaban J connectivity index is 2.43. The molecule has 2 N–H and O–H groups in total. The van der Waals surface area contributed by atoms with E-state index in [2.05, 4.69) is 20.6 Å². The van der Waals surface area contributed by atoms with E-state index in [4.69, 9.17) is 5.26 Å². The van der Waals surface area contributed by atoms with Gasteiger partial charge in [0.1, 0.15) is 11.8 Å². The SMILES string of the molecule is Cc1cc(C#N)nc(NCCNC(=O)N(C)C)n1. The van der Waals surface area contributed by atoms with Gasteiger partial charge in [-0.2, -0.15) is 5.26 Å². The van der Waals surface area contributed by atoms with Crippen LogP contribution in [-0.2, 0) is 0 Å². The highest BCUT2D eigenvalue weighted by atomic mass is 16.2. The first kappa shape index (κ1) is 13.7. The minimum Gasteiger partial charge on any atom is -0.352 e. The second-order valence-corrected chi connectivity index (χ2v) is 3.88. The van der Waals surface area contributed by atoms with E-state index in [-0.39, 0.29) is 6.03 Å². The third-order valence-corrected chi connectivity index (χ3v) is 2.06. The van der Waals surface area contributed by atoms with Gasteiger partial charge in [0.25, 0.3) is 0 Å². The lowest BCUT2D eigenvalue weighted by Gasteiger charge is -2.12. The van der Waals surface area contributed by atoms with Crippen LogP contribution in [0.4, 0.5) is 10.7 Å². The number of carbonyl (C=O) groups excluding carboxylic acids is 1. The lowest BCUT2D eigenvalue weighted by Crippen LogP contribution is -2.37. The second-order valence-electron chi connectivity index (χ2n) is 3.88. The molecule has 0 radical (unpaired) electrons. The molecule has 18 heavy (non-hydrogen) atoms. The largest absolute Gasteiger partial charge is 0.352 e. The molecule has 0 saturated heterocycles. The number of nitrogens with one attached hydrogen (secondary N) is 2. The number of carbonyl (C=O) groups is 1. The average molecular weight is 248 g/mol. The van der Waals surface area contributed by atoms with Gasteiger partial charge in [0, 0.05) is 32.9 Å². The van der Waals surface area contributed by atoms with Gasteiger partial charge < -0.3 is 15.5 Å². The van der Waals surface area contributed by atoms with Crippen molar-refractivity contribution in [3.63, 3.8) is 0 Å². The van der Waals surface area contributed by atoms with E-state index in [0.29, 0.717) is 24.7 Å². The van der Waals surface area contributed by atoms with Crippen molar-refractivity contribution < 1.29 is 4.79 Å². The molecule has 0 atom stereocenters. The van der Waals surface area contributed by atoms with Crippen LogP contribution in [-0.4, -0.2) is 48.1 Å². The first-order valence-corrected chi connectivity index (χ1v) is 5.47. The molecule has 0 unspecified atom stereocenters. The normalized spacial score (nSPS) is 9.44. The zero-order chi connectivity index (χ0) is 13.5. The minimum absolute atomic E-state index is 0.153. The highest BCUT2D eigenvalue weighted by Crippen LogP contribution is 2.02. The van der Waals surface area contributed by atoms with Crippen molar-refractivity contribution in [2.24, 2.45) is 0 Å². The predicted octanol–water partition coefficient (Wildman–Crippen LogP) is 0.340. The van der Waals surface area contributed by atoms with Crippen LogP contribution in [0.5, 0.6) is 0 Å². The number of nitrogens with zero attached hydrogens (tertiary/aromatic N) is 4. The van der Waals surface area contributed by atoms with E-state index in [1.54, 1.807) is 27.1 Å². The quantitative estimate of drug-likeness (QED) is 0.749. The van der Waals surface area contributed by atoms with E-state index < -0.39 is 0 Å². The molecule has 0 aliphatic carbocycles. The van der Waals surface area contributed by atoms with Gasteiger partial charge in [0.15, 0.2) is 0 Å². The molecule has 0 aliphatic rings. The number of hydrogen-bond donors (Lipinski definition) is 2. The number of anilines is 1. The lowest BCUT2D eigenvalue weighted by atomic mass is 10.3. The fourth-order valence-corrected chi connectivity index (χ4v) is 1.21. The number of aromatic nitrogens is 2. The Hall–Kier alpha value is -2.36. The van der Waals surface area contributed by atoms with Crippen LogP contribution < -0.4 is 10.6 Å². The van der Waals surface area contributed by atoms with Crippen LogP contribution in [0, 0.1) is 18.3 Å². The van der Waals surface area contributed by atoms with Crippen molar-refractivity contribution in [3.8, 4) is 6.07 Å². The Kier molecular flexibility index (Phi) is 4.87. The summed E-state index contributed by atoms with van der Waals surface area (Å²) in [6.07, 6.45) is 0. The highest BCUT2D eigenvalue weighted by molar-refractivity contribution is 5.73. The van der Waals surface area contributed by atoms with Crippen molar-refractivity contribution in [2.75, 3.05) is 32.5 Å². The van der Waals surface area contributed by atoms with Gasteiger partial charge in [-0.25, -0.2) is 14.8 Å². The average Bonchev–Trinajstić information content (AvgIpc) is 2.33. The Morgan fingerprint density at radius 1 is 1.44 bits per heavy atom. The molecule has 1 aromatic heterocycles. The van der Waals surface area contributed by atoms with Crippen LogP contribution in [0.15, 0.2) is 6.07 Å². The molecule has 0 saturated carbocycles. The zero-order valence-electron chi connectivity index (χ0n) is 10.7. The van der Waals surface area contributed by atoms with E-state index in [1.807, 2.05) is 6.07 Å². The number of aryl methyl sites for hydroxylation is 1. The molecule has 1 rings (SSSR count). The van der Waals surface area contributed by atoms with Crippen molar-refractivity contribution in [2.45, 2.75) is 6.92 Å². The minimum atomic E-state index is -0.153. The van der Waals surface area contributed by atoms with Crippen LogP contribution in [0.2, 0.25) is 0 Å². The summed E-state index contributed by atoms with van der Waals surface area (Å²) in [5.74, 6) is 0.394. The van der Waals surface area contributed by atoms with E-state index >= 15 is 0 Å². The van der Waals surface area contributed by atoms with Gasteiger partial charge in [-0.05, 0) is 13.0 Å². The number of hydrogen-bond acceptors (Lipinski definition) is 5. The summed E-state index contributed by atoms with van der Waals surface area (Å²) in [6.45, 7) is 2.74. The van der Waals surface area contributed by atoms with E-state index in [1.165, 1.54) is 4.90 Å². The molecule has 2 amide bonds. The van der Waals surface area contributed by atoms with E-state index in [0.717, 1.165) is 5.69 Å². The summed E-state index contributed by atoms with van der Waals surface area (Å²) >= 11 is 0. The molecule has 0 spiro atoms. The summed E-state index contributed by atoms with van der Waals surface area (Å²) in [7, 11) is 3.34. The maximum Gasteiger partial charge on any atom is 0.316 e. The fourth-order valence-electron chi connectivity index (χ4n) is 1.21. The van der Waals surface area contributed by atoms with Crippen molar-refractivity contribution in [1.29, 1.82) is 5.26 Å². The summed E-state index contributed by atoms with van der Waals surface area (Å²) in [5, 5.41) is 14.4. The topological polar surface area (TPSA) is 93.9 Å². The van der Waals surface area contributed by atoms with Crippen LogP contribution in [0.3, 0.4) is 0 Å². The smallest absolute Gasteiger partial charge is 0.316 e. The molecular formula is C11H16N6O. The Labute approximate surface area is 106 Å². The molecule has 96 valence electrons. The number of nitriles is 1. The summed E-state index contributed by atoms with van der Waals surface area (Å²) in [6, 6.07) is 3.42. The van der Waals surface area contributed by atoms with E-state index in [9.17, 15) is 4.79 Å². The highest BCUT2D eigenvalue weighted by Gasteiger charge is 2.03. The third kappa shape index (κ3) is 4.25. The Bertz CT molecular complexity index is 465. The molecule has 7 heteroatoms. The number of amides is 2. The van der Waals surface area contributed by atoms with Gasteiger partial charge in [0.05, 0.1) is 0 Å². The molecule has 0 bridgehead atoms. The second kappa shape index (κ2) is 6.39. The summed E-state index contributed by atoms with van der Waals surface area (Å²) in [4.78, 5) is 20.8. The Morgan fingerprint density at radius 2 is 2.17 bits per heavy atom. The van der Waals surface area contributed by atoms with Crippen molar-refractivity contribution in [3.05, 3.63) is 17.5 Å². The first-order chi connectivity index (χ1) is 8.52. The lowest BCUT2D eigenvalue weighted by molar-refractivity contribution is 0.218. The van der Waals surface area contributed by atoms with Gasteiger partial charge in [0.2, 0.25) is 5.95 Å². The first-order valence-electron chi connectivity index (χ1n) is 5.47. The molecule has 0 fully saturated rings. The molecular weight excluding hydrogens is 232 g/mol. The number of rotatable bonds is 4. The van der Waals surface area contributed by atoms with Gasteiger partial charge in [-0.1, -0.05) is 0 Å². The maximum absolute atomic E-state index is 11.2. The predicted molar refractivity (Wildman–Crippen MR) is 67.1 cm³/mol. The van der Waals surface area contributed by atoms with Gasteiger partial charge in [-0.15, -0.1) is 0 Å². The molecule has 0 aliphatic heterocycles. The van der Waals surface area contributed by atoms with Crippen molar-refractivity contribution >= 4 is 12.0 Å².